The largest absolute Gasteiger partial charge is 0.350 e. The van der Waals surface area contributed by atoms with Crippen LogP contribution in [0.1, 0.15) is 29.3 Å². The number of nitrogens with zero attached hydrogens (tertiary/aromatic N) is 2. The minimum Gasteiger partial charge on any atom is -0.350 e. The van der Waals surface area contributed by atoms with Crippen molar-refractivity contribution in [2.45, 2.75) is 30.7 Å². The van der Waals surface area contributed by atoms with Gasteiger partial charge in [-0.25, -0.2) is 8.42 Å². The van der Waals surface area contributed by atoms with Gasteiger partial charge in [0.1, 0.15) is 4.90 Å². The van der Waals surface area contributed by atoms with Crippen LogP contribution in [0.4, 0.5) is 0 Å². The van der Waals surface area contributed by atoms with Gasteiger partial charge >= 0.3 is 0 Å². The van der Waals surface area contributed by atoms with Crippen molar-refractivity contribution in [3.8, 4) is 0 Å². The van der Waals surface area contributed by atoms with E-state index in [2.05, 4.69) is 22.3 Å². The van der Waals surface area contributed by atoms with E-state index in [1.54, 1.807) is 6.07 Å². The number of likely N-dealkylation sites (N-methyl/N-ethyl adjacent to an activating group) is 1. The summed E-state index contributed by atoms with van der Waals surface area (Å²) in [6.45, 7) is 4.08. The second-order valence-electron chi connectivity index (χ2n) is 7.75. The second-order valence-corrected chi connectivity index (χ2v) is 10.1. The summed E-state index contributed by atoms with van der Waals surface area (Å²) in [6, 6.07) is 14.5. The van der Waals surface area contributed by atoms with Crippen molar-refractivity contribution in [1.82, 2.24) is 14.5 Å². The number of nitrogens with one attached hydrogen (secondary N) is 1. The third-order valence-electron chi connectivity index (χ3n) is 5.36. The molecule has 2 aromatic rings. The molecule has 1 amide bonds. The first-order valence-electron chi connectivity index (χ1n) is 10.1. The quantitative estimate of drug-likeness (QED) is 0.705. The summed E-state index contributed by atoms with van der Waals surface area (Å²) in [6.07, 6.45) is 1.64. The standard InChI is InChI=1S/C22H28ClN3O3S/c1-17(8-9-18-6-4-3-5-7-18)24-22(27)19-10-11-20(23)21(16-19)30(28,29)26-14-12-25(2)13-15-26/h3-7,10-11,16-17H,8-9,12-15H2,1-2H3,(H,24,27)/t17-/m0/s1. The van der Waals surface area contributed by atoms with Crippen molar-refractivity contribution >= 4 is 27.5 Å². The lowest BCUT2D eigenvalue weighted by Crippen LogP contribution is -2.47. The molecule has 1 N–H and O–H groups in total. The highest BCUT2D eigenvalue weighted by Gasteiger charge is 2.30. The van der Waals surface area contributed by atoms with Crippen LogP contribution in [0, 0.1) is 0 Å². The summed E-state index contributed by atoms with van der Waals surface area (Å²) in [5, 5.41) is 3.08. The third-order valence-corrected chi connectivity index (χ3v) is 7.74. The Morgan fingerprint density at radius 1 is 1.10 bits per heavy atom. The fourth-order valence-electron chi connectivity index (χ4n) is 3.42. The highest BCUT2D eigenvalue weighted by molar-refractivity contribution is 7.89. The molecule has 1 heterocycles. The van der Waals surface area contributed by atoms with Gasteiger partial charge in [0, 0.05) is 37.8 Å². The van der Waals surface area contributed by atoms with Crippen LogP contribution in [0.15, 0.2) is 53.4 Å². The van der Waals surface area contributed by atoms with E-state index < -0.39 is 10.0 Å². The molecule has 1 aliphatic rings. The zero-order valence-corrected chi connectivity index (χ0v) is 18.9. The van der Waals surface area contributed by atoms with Crippen LogP contribution in [-0.4, -0.2) is 62.8 Å². The highest BCUT2D eigenvalue weighted by atomic mass is 35.5. The van der Waals surface area contributed by atoms with E-state index >= 15 is 0 Å². The molecule has 2 aromatic carbocycles. The zero-order chi connectivity index (χ0) is 21.7. The molecule has 1 saturated heterocycles. The molecule has 6 nitrogen and oxygen atoms in total. The average molecular weight is 450 g/mol. The summed E-state index contributed by atoms with van der Waals surface area (Å²) in [7, 11) is -1.79. The number of carbonyl (C=O) groups is 1. The van der Waals surface area contributed by atoms with Crippen LogP contribution in [0.5, 0.6) is 0 Å². The molecule has 0 bridgehead atoms. The van der Waals surface area contributed by atoms with E-state index in [1.807, 2.05) is 32.2 Å². The molecule has 8 heteroatoms. The van der Waals surface area contributed by atoms with Gasteiger partial charge in [0.05, 0.1) is 5.02 Å². The van der Waals surface area contributed by atoms with Gasteiger partial charge in [-0.2, -0.15) is 4.31 Å². The maximum Gasteiger partial charge on any atom is 0.251 e. The topological polar surface area (TPSA) is 69.7 Å². The van der Waals surface area contributed by atoms with Crippen LogP contribution in [0.3, 0.4) is 0 Å². The molecule has 0 unspecified atom stereocenters. The first kappa shape index (κ1) is 22.7. The van der Waals surface area contributed by atoms with Crippen molar-refractivity contribution in [3.63, 3.8) is 0 Å². The number of aryl methyl sites for hydroxylation is 1. The van der Waals surface area contributed by atoms with E-state index in [0.29, 0.717) is 31.7 Å². The number of sulfonamides is 1. The molecule has 3 rings (SSSR count). The molecule has 30 heavy (non-hydrogen) atoms. The van der Waals surface area contributed by atoms with E-state index in [9.17, 15) is 13.2 Å². The van der Waals surface area contributed by atoms with Crippen LogP contribution in [0.25, 0.3) is 0 Å². The predicted octanol–water partition coefficient (Wildman–Crippen LogP) is 3.03. The molecular weight excluding hydrogens is 422 g/mol. The van der Waals surface area contributed by atoms with Gasteiger partial charge in [0.25, 0.3) is 5.91 Å². The van der Waals surface area contributed by atoms with Crippen molar-refractivity contribution < 1.29 is 13.2 Å². The van der Waals surface area contributed by atoms with Gasteiger partial charge in [-0.3, -0.25) is 4.79 Å². The summed E-state index contributed by atoms with van der Waals surface area (Å²) >= 11 is 6.21. The molecule has 1 aliphatic heterocycles. The summed E-state index contributed by atoms with van der Waals surface area (Å²) in [4.78, 5) is 14.8. The van der Waals surface area contributed by atoms with Gasteiger partial charge in [-0.15, -0.1) is 0 Å². The number of amides is 1. The summed E-state index contributed by atoms with van der Waals surface area (Å²) in [5.74, 6) is -0.304. The SMILES string of the molecule is C[C@@H](CCc1ccccc1)NC(=O)c1ccc(Cl)c(S(=O)(=O)N2CCN(C)CC2)c1. The Hall–Kier alpha value is -1.93. The van der Waals surface area contributed by atoms with Crippen molar-refractivity contribution in [1.29, 1.82) is 0 Å². The number of benzene rings is 2. The van der Waals surface area contributed by atoms with E-state index in [1.165, 1.54) is 22.0 Å². The van der Waals surface area contributed by atoms with Gasteiger partial charge in [0.2, 0.25) is 10.0 Å². The Kier molecular flexibility index (Phi) is 7.52. The monoisotopic (exact) mass is 449 g/mol. The summed E-state index contributed by atoms with van der Waals surface area (Å²) < 4.78 is 27.6. The molecule has 162 valence electrons. The highest BCUT2D eigenvalue weighted by Crippen LogP contribution is 2.26. The fraction of sp³-hybridized carbons (Fsp3) is 0.409. The zero-order valence-electron chi connectivity index (χ0n) is 17.3. The normalized spacial score (nSPS) is 16.9. The smallest absolute Gasteiger partial charge is 0.251 e. The lowest BCUT2D eigenvalue weighted by molar-refractivity contribution is 0.0938. The van der Waals surface area contributed by atoms with E-state index in [4.69, 9.17) is 11.6 Å². The van der Waals surface area contributed by atoms with Crippen LogP contribution in [0.2, 0.25) is 5.02 Å². The minimum atomic E-state index is -3.75. The molecule has 1 fully saturated rings. The van der Waals surface area contributed by atoms with Gasteiger partial charge < -0.3 is 10.2 Å². The van der Waals surface area contributed by atoms with Crippen molar-refractivity contribution in [2.75, 3.05) is 33.2 Å². The second kappa shape index (κ2) is 9.92. The average Bonchev–Trinajstić information content (AvgIpc) is 2.73. The molecule has 1 atom stereocenters. The first-order chi connectivity index (χ1) is 14.3. The number of rotatable bonds is 7. The maximum atomic E-state index is 13.1. The van der Waals surface area contributed by atoms with Gasteiger partial charge in [0.15, 0.2) is 0 Å². The Bertz CT molecular complexity index is 974. The molecule has 0 saturated carbocycles. The minimum absolute atomic E-state index is 0.0155. The van der Waals surface area contributed by atoms with E-state index in [-0.39, 0.29) is 21.9 Å². The number of halogens is 1. The molecule has 0 spiro atoms. The fourth-order valence-corrected chi connectivity index (χ4v) is 5.34. The van der Waals surface area contributed by atoms with Gasteiger partial charge in [-0.1, -0.05) is 41.9 Å². The number of carbonyl (C=O) groups excluding carboxylic acids is 1. The molecule has 0 aliphatic carbocycles. The Morgan fingerprint density at radius 3 is 2.43 bits per heavy atom. The van der Waals surface area contributed by atoms with Crippen molar-refractivity contribution in [3.05, 3.63) is 64.7 Å². The van der Waals surface area contributed by atoms with Crippen LogP contribution in [-0.2, 0) is 16.4 Å². The summed E-state index contributed by atoms with van der Waals surface area (Å²) in [5.41, 5.74) is 1.50. The Balaban J connectivity index is 1.68. The van der Waals surface area contributed by atoms with Crippen LogP contribution < -0.4 is 5.32 Å². The lowest BCUT2D eigenvalue weighted by Gasteiger charge is -2.31. The van der Waals surface area contributed by atoms with Crippen LogP contribution >= 0.6 is 11.6 Å². The number of piperazine rings is 1. The lowest BCUT2D eigenvalue weighted by atomic mass is 10.1. The molecular formula is C22H28ClN3O3S. The maximum absolute atomic E-state index is 13.1. The Labute approximate surface area is 183 Å². The molecule has 0 radical (unpaired) electrons. The van der Waals surface area contributed by atoms with Crippen molar-refractivity contribution in [2.24, 2.45) is 0 Å². The number of hydrogen-bond acceptors (Lipinski definition) is 4. The van der Waals surface area contributed by atoms with E-state index in [0.717, 1.165) is 12.8 Å². The Morgan fingerprint density at radius 2 is 1.77 bits per heavy atom. The number of hydrogen-bond donors (Lipinski definition) is 1. The predicted molar refractivity (Wildman–Crippen MR) is 119 cm³/mol. The first-order valence-corrected chi connectivity index (χ1v) is 11.9. The van der Waals surface area contributed by atoms with Gasteiger partial charge in [-0.05, 0) is 50.6 Å². The molecule has 0 aromatic heterocycles. The third kappa shape index (κ3) is 5.60.